The van der Waals surface area contributed by atoms with Crippen molar-refractivity contribution >= 4 is 40.5 Å². The number of benzene rings is 2. The van der Waals surface area contributed by atoms with E-state index >= 15 is 0 Å². The van der Waals surface area contributed by atoms with Crippen LogP contribution in [0.25, 0.3) is 5.69 Å². The van der Waals surface area contributed by atoms with Gasteiger partial charge in [0.1, 0.15) is 0 Å². The van der Waals surface area contributed by atoms with Gasteiger partial charge >= 0.3 is 0 Å². The van der Waals surface area contributed by atoms with Crippen molar-refractivity contribution in [1.29, 1.82) is 0 Å². The highest BCUT2D eigenvalue weighted by Crippen LogP contribution is 2.39. The highest BCUT2D eigenvalue weighted by Gasteiger charge is 2.41. The second-order valence-corrected chi connectivity index (χ2v) is 10.0. The molecule has 4 aromatic rings. The first kappa shape index (κ1) is 25.0. The number of carbonyl (C=O) groups excluding carboxylic acids is 1. The third kappa shape index (κ3) is 5.38. The molecule has 1 amide bonds. The second-order valence-electron chi connectivity index (χ2n) is 9.22. The van der Waals surface area contributed by atoms with Gasteiger partial charge in [-0.3, -0.25) is 9.78 Å². The summed E-state index contributed by atoms with van der Waals surface area (Å²) in [5, 5.41) is 7.80. The minimum Gasteiger partial charge on any atom is -0.352 e. The number of pyridine rings is 1. The number of aromatic nitrogens is 2. The molecule has 2 N–H and O–H groups in total. The van der Waals surface area contributed by atoms with Gasteiger partial charge in [0, 0.05) is 47.5 Å². The average Bonchev–Trinajstić information content (AvgIpc) is 3.49. The Balaban J connectivity index is 1.45. The lowest BCUT2D eigenvalue weighted by molar-refractivity contribution is -0.116. The highest BCUT2D eigenvalue weighted by molar-refractivity contribution is 7.80. The summed E-state index contributed by atoms with van der Waals surface area (Å²) in [6, 6.07) is 23.5. The maximum atomic E-state index is 12.9. The molecule has 0 saturated carbocycles. The fraction of sp³-hybridized carbons (Fsp3) is 0.207. The number of hydrogen-bond donors (Lipinski definition) is 2. The maximum absolute atomic E-state index is 12.9. The Morgan fingerprint density at radius 3 is 2.70 bits per heavy atom. The molecule has 2 aromatic carbocycles. The Kier molecular flexibility index (Phi) is 7.26. The van der Waals surface area contributed by atoms with Crippen LogP contribution in [0, 0.1) is 13.8 Å². The van der Waals surface area contributed by atoms with Crippen LogP contribution in [0.4, 0.5) is 5.69 Å². The predicted molar refractivity (Wildman–Crippen MR) is 152 cm³/mol. The van der Waals surface area contributed by atoms with E-state index in [9.17, 15) is 4.79 Å². The van der Waals surface area contributed by atoms with Gasteiger partial charge in [0.05, 0.1) is 17.8 Å². The van der Waals surface area contributed by atoms with E-state index in [1.54, 1.807) is 6.20 Å². The average molecular weight is 530 g/mol. The van der Waals surface area contributed by atoms with Crippen LogP contribution in [-0.2, 0) is 4.79 Å². The second kappa shape index (κ2) is 10.7. The SMILES string of the molecule is Cc1cccc(NC(=O)CCN2C(=S)N[C@H](c3ccccn3)[C@@H]2c2cccn2-c2ccc(Cl)c(C)c2)c1. The van der Waals surface area contributed by atoms with Gasteiger partial charge in [0.25, 0.3) is 0 Å². The molecule has 5 rings (SSSR count). The van der Waals surface area contributed by atoms with Crippen LogP contribution in [0.3, 0.4) is 0 Å². The van der Waals surface area contributed by atoms with Crippen LogP contribution in [0.2, 0.25) is 5.02 Å². The lowest BCUT2D eigenvalue weighted by Crippen LogP contribution is -2.33. The monoisotopic (exact) mass is 529 g/mol. The zero-order valence-corrected chi connectivity index (χ0v) is 22.3. The molecule has 0 unspecified atom stereocenters. The molecule has 1 aliphatic rings. The first-order valence-electron chi connectivity index (χ1n) is 12.2. The van der Waals surface area contributed by atoms with Crippen LogP contribution in [0.1, 0.15) is 41.0 Å². The number of anilines is 1. The third-order valence-electron chi connectivity index (χ3n) is 6.58. The van der Waals surface area contributed by atoms with Crippen molar-refractivity contribution in [2.75, 3.05) is 11.9 Å². The molecular weight excluding hydrogens is 502 g/mol. The summed E-state index contributed by atoms with van der Waals surface area (Å²) >= 11 is 12.1. The number of nitrogens with zero attached hydrogens (tertiary/aromatic N) is 3. The molecule has 6 nitrogen and oxygen atoms in total. The molecule has 0 bridgehead atoms. The van der Waals surface area contributed by atoms with Gasteiger partial charge in [-0.25, -0.2) is 0 Å². The molecule has 3 heterocycles. The largest absolute Gasteiger partial charge is 0.352 e. The molecule has 1 aliphatic heterocycles. The van der Waals surface area contributed by atoms with E-state index in [0.29, 0.717) is 18.1 Å². The zero-order valence-electron chi connectivity index (χ0n) is 20.7. The summed E-state index contributed by atoms with van der Waals surface area (Å²) in [7, 11) is 0. The quantitative estimate of drug-likeness (QED) is 0.281. The molecule has 1 fully saturated rings. The number of thiocarbonyl (C=S) groups is 1. The van der Waals surface area contributed by atoms with E-state index in [1.807, 2.05) is 80.7 Å². The molecule has 188 valence electrons. The van der Waals surface area contributed by atoms with Gasteiger partial charge in [0.15, 0.2) is 5.11 Å². The van der Waals surface area contributed by atoms with E-state index in [2.05, 4.69) is 37.2 Å². The number of rotatable bonds is 7. The van der Waals surface area contributed by atoms with Gasteiger partial charge < -0.3 is 20.1 Å². The van der Waals surface area contributed by atoms with Gasteiger partial charge in [-0.05, 0) is 91.8 Å². The minimum absolute atomic E-state index is 0.0582. The van der Waals surface area contributed by atoms with Crippen molar-refractivity contribution in [3.63, 3.8) is 0 Å². The van der Waals surface area contributed by atoms with E-state index < -0.39 is 0 Å². The number of nitrogens with one attached hydrogen (secondary N) is 2. The Morgan fingerprint density at radius 2 is 1.95 bits per heavy atom. The summed E-state index contributed by atoms with van der Waals surface area (Å²) in [5.74, 6) is -0.0582. The number of halogens is 1. The fourth-order valence-corrected chi connectivity index (χ4v) is 5.23. The summed E-state index contributed by atoms with van der Waals surface area (Å²) < 4.78 is 2.15. The van der Waals surface area contributed by atoms with Crippen molar-refractivity contribution in [3.05, 3.63) is 113 Å². The van der Waals surface area contributed by atoms with Crippen molar-refractivity contribution in [1.82, 2.24) is 19.8 Å². The van der Waals surface area contributed by atoms with Crippen LogP contribution in [0.5, 0.6) is 0 Å². The van der Waals surface area contributed by atoms with Crippen molar-refractivity contribution in [3.8, 4) is 5.69 Å². The standard InChI is InChI=1S/C29H28ClN5OS/c1-19-7-5-8-21(17-19)32-26(36)13-16-35-28(27(33-29(35)37)24-9-3-4-14-31-24)25-10-6-15-34(25)22-11-12-23(30)20(2)18-22/h3-12,14-15,17-18,27-28H,13,16H2,1-2H3,(H,32,36)(H,33,37)/t27-,28+/m1/s1. The predicted octanol–water partition coefficient (Wildman–Crippen LogP) is 6.14. The highest BCUT2D eigenvalue weighted by atomic mass is 35.5. The van der Waals surface area contributed by atoms with Gasteiger partial charge in [-0.1, -0.05) is 29.8 Å². The Labute approximate surface area is 227 Å². The van der Waals surface area contributed by atoms with Gasteiger partial charge in [0.2, 0.25) is 5.91 Å². The van der Waals surface area contributed by atoms with Crippen molar-refractivity contribution in [2.45, 2.75) is 32.4 Å². The molecule has 8 heteroatoms. The molecule has 2 atom stereocenters. The topological polar surface area (TPSA) is 62.2 Å². The summed E-state index contributed by atoms with van der Waals surface area (Å²) in [6.45, 7) is 4.46. The third-order valence-corrected chi connectivity index (χ3v) is 7.36. The molecule has 37 heavy (non-hydrogen) atoms. The van der Waals surface area contributed by atoms with Crippen LogP contribution < -0.4 is 10.6 Å². The number of carbonyl (C=O) groups is 1. The first-order valence-corrected chi connectivity index (χ1v) is 13.0. The van der Waals surface area contributed by atoms with Crippen LogP contribution in [-0.4, -0.2) is 32.0 Å². The fourth-order valence-electron chi connectivity index (χ4n) is 4.79. The number of amides is 1. The molecule has 2 aromatic heterocycles. The summed E-state index contributed by atoms with van der Waals surface area (Å²) in [4.78, 5) is 19.6. The van der Waals surface area contributed by atoms with Crippen LogP contribution >= 0.6 is 23.8 Å². The zero-order chi connectivity index (χ0) is 25.9. The van der Waals surface area contributed by atoms with Gasteiger partial charge in [-0.2, -0.15) is 0 Å². The minimum atomic E-state index is -0.171. The first-order chi connectivity index (χ1) is 17.9. The normalized spacial score (nSPS) is 17.1. The Hall–Kier alpha value is -3.68. The number of aryl methyl sites for hydroxylation is 2. The maximum Gasteiger partial charge on any atom is 0.226 e. The van der Waals surface area contributed by atoms with Crippen LogP contribution in [0.15, 0.2) is 85.2 Å². The summed E-state index contributed by atoms with van der Waals surface area (Å²) in [6.07, 6.45) is 4.12. The lowest BCUT2D eigenvalue weighted by atomic mass is 10.0. The van der Waals surface area contributed by atoms with E-state index in [-0.39, 0.29) is 18.0 Å². The van der Waals surface area contributed by atoms with Crippen molar-refractivity contribution in [2.24, 2.45) is 0 Å². The molecule has 0 radical (unpaired) electrons. The summed E-state index contributed by atoms with van der Waals surface area (Å²) in [5.41, 5.74) is 5.84. The Morgan fingerprint density at radius 1 is 1.08 bits per heavy atom. The van der Waals surface area contributed by atoms with E-state index in [1.165, 1.54) is 0 Å². The van der Waals surface area contributed by atoms with E-state index in [0.717, 1.165) is 38.9 Å². The molecular formula is C29H28ClN5OS. The molecule has 0 aliphatic carbocycles. The van der Waals surface area contributed by atoms with Gasteiger partial charge in [-0.15, -0.1) is 0 Å². The van der Waals surface area contributed by atoms with E-state index in [4.69, 9.17) is 23.8 Å². The lowest BCUT2D eigenvalue weighted by Gasteiger charge is -2.29. The Bertz CT molecular complexity index is 1440. The number of hydrogen-bond acceptors (Lipinski definition) is 3. The molecule has 1 saturated heterocycles. The molecule has 0 spiro atoms. The van der Waals surface area contributed by atoms with Crippen molar-refractivity contribution < 1.29 is 4.79 Å². The smallest absolute Gasteiger partial charge is 0.226 e.